The van der Waals surface area contributed by atoms with Gasteiger partial charge in [-0.1, -0.05) is 0 Å². The first-order chi connectivity index (χ1) is 7.18. The van der Waals surface area contributed by atoms with Crippen LogP contribution in [0.4, 0.5) is 5.69 Å². The maximum atomic E-state index is 12.0. The molecular weight excluding hydrogens is 190 g/mol. The maximum Gasteiger partial charge on any atom is 0.191 e. The first kappa shape index (κ1) is 10.2. The van der Waals surface area contributed by atoms with Gasteiger partial charge in [-0.05, 0) is 43.5 Å². The number of carbonyl (C=O) groups is 1. The molecule has 1 fully saturated rings. The van der Waals surface area contributed by atoms with Crippen LogP contribution in [0.1, 0.15) is 28.8 Å². The van der Waals surface area contributed by atoms with Crippen molar-refractivity contribution in [3.8, 4) is 0 Å². The van der Waals surface area contributed by atoms with Crippen LogP contribution >= 0.6 is 0 Å². The molecule has 1 aromatic carbocycles. The van der Waals surface area contributed by atoms with E-state index < -0.39 is 0 Å². The second-order valence-corrected chi connectivity index (χ2v) is 3.94. The van der Waals surface area contributed by atoms with Crippen molar-refractivity contribution < 1.29 is 9.53 Å². The van der Waals surface area contributed by atoms with Crippen molar-refractivity contribution in [3.63, 3.8) is 0 Å². The maximum absolute atomic E-state index is 12.0. The normalized spacial score (nSPS) is 20.5. The molecule has 0 aliphatic carbocycles. The summed E-state index contributed by atoms with van der Waals surface area (Å²) in [6.45, 7) is 2.60. The summed E-state index contributed by atoms with van der Waals surface area (Å²) >= 11 is 0. The average Bonchev–Trinajstić information content (AvgIpc) is 2.69. The van der Waals surface area contributed by atoms with Gasteiger partial charge in [0.1, 0.15) is 6.10 Å². The van der Waals surface area contributed by atoms with Gasteiger partial charge in [-0.3, -0.25) is 4.79 Å². The molecule has 2 N–H and O–H groups in total. The van der Waals surface area contributed by atoms with Crippen LogP contribution in [0.25, 0.3) is 0 Å². The Morgan fingerprint density at radius 1 is 1.53 bits per heavy atom. The zero-order chi connectivity index (χ0) is 10.8. The van der Waals surface area contributed by atoms with Crippen molar-refractivity contribution in [2.45, 2.75) is 25.9 Å². The summed E-state index contributed by atoms with van der Waals surface area (Å²) in [7, 11) is 0. The molecule has 0 spiro atoms. The number of hydrogen-bond acceptors (Lipinski definition) is 3. The zero-order valence-electron chi connectivity index (χ0n) is 8.82. The Bertz CT molecular complexity index is 381. The second kappa shape index (κ2) is 4.03. The highest BCUT2D eigenvalue weighted by atomic mass is 16.5. The molecule has 0 aromatic heterocycles. The Morgan fingerprint density at radius 3 is 2.93 bits per heavy atom. The lowest BCUT2D eigenvalue weighted by Crippen LogP contribution is -2.20. The van der Waals surface area contributed by atoms with Gasteiger partial charge >= 0.3 is 0 Å². The topological polar surface area (TPSA) is 52.3 Å². The first-order valence-corrected chi connectivity index (χ1v) is 5.20. The van der Waals surface area contributed by atoms with E-state index in [2.05, 4.69) is 0 Å². The molecule has 1 aliphatic rings. The highest BCUT2D eigenvalue weighted by molar-refractivity contribution is 6.01. The minimum absolute atomic E-state index is 0.0880. The third kappa shape index (κ3) is 2.02. The van der Waals surface area contributed by atoms with E-state index in [9.17, 15) is 4.79 Å². The van der Waals surface area contributed by atoms with E-state index in [4.69, 9.17) is 10.5 Å². The second-order valence-electron chi connectivity index (χ2n) is 3.94. The molecule has 15 heavy (non-hydrogen) atoms. The van der Waals surface area contributed by atoms with Gasteiger partial charge in [0.25, 0.3) is 0 Å². The summed E-state index contributed by atoms with van der Waals surface area (Å²) in [6.07, 6.45) is 1.57. The van der Waals surface area contributed by atoms with Crippen LogP contribution in [0.15, 0.2) is 18.2 Å². The smallest absolute Gasteiger partial charge is 0.191 e. The predicted molar refractivity (Wildman–Crippen MR) is 58.9 cm³/mol. The number of anilines is 1. The molecule has 0 bridgehead atoms. The summed E-state index contributed by atoms with van der Waals surface area (Å²) in [5.41, 5.74) is 7.99. The summed E-state index contributed by atoms with van der Waals surface area (Å²) in [5.74, 6) is 0.0880. The lowest BCUT2D eigenvalue weighted by molar-refractivity contribution is 0.0642. The molecule has 0 amide bonds. The number of hydrogen-bond donors (Lipinski definition) is 1. The monoisotopic (exact) mass is 205 g/mol. The van der Waals surface area contributed by atoms with Crippen molar-refractivity contribution in [1.82, 2.24) is 0 Å². The lowest BCUT2D eigenvalue weighted by Gasteiger charge is -2.10. The molecule has 0 saturated carbocycles. The summed E-state index contributed by atoms with van der Waals surface area (Å²) in [5, 5.41) is 0. The molecule has 1 saturated heterocycles. The fraction of sp³-hybridized carbons (Fsp3) is 0.417. The Hall–Kier alpha value is -1.35. The van der Waals surface area contributed by atoms with Gasteiger partial charge in [-0.25, -0.2) is 0 Å². The van der Waals surface area contributed by atoms with Crippen molar-refractivity contribution in [3.05, 3.63) is 29.3 Å². The van der Waals surface area contributed by atoms with Crippen molar-refractivity contribution >= 4 is 11.5 Å². The quantitative estimate of drug-likeness (QED) is 0.593. The summed E-state index contributed by atoms with van der Waals surface area (Å²) < 4.78 is 5.37. The number of carbonyl (C=O) groups excluding carboxylic acids is 1. The Labute approximate surface area is 89.2 Å². The zero-order valence-corrected chi connectivity index (χ0v) is 8.82. The van der Waals surface area contributed by atoms with Crippen LogP contribution in [0, 0.1) is 6.92 Å². The molecule has 1 aliphatic heterocycles. The molecule has 0 radical (unpaired) electrons. The molecule has 2 rings (SSSR count). The van der Waals surface area contributed by atoms with Gasteiger partial charge < -0.3 is 10.5 Å². The molecule has 3 nitrogen and oxygen atoms in total. The first-order valence-electron chi connectivity index (χ1n) is 5.20. The largest absolute Gasteiger partial charge is 0.399 e. The Morgan fingerprint density at radius 2 is 2.33 bits per heavy atom. The van der Waals surface area contributed by atoms with Crippen LogP contribution in [-0.2, 0) is 4.74 Å². The molecule has 1 atom stereocenters. The molecule has 80 valence electrons. The average molecular weight is 205 g/mol. The standard InChI is InChI=1S/C12H15NO2/c1-8-7-9(13)4-5-10(8)12(14)11-3-2-6-15-11/h4-5,7,11H,2-3,6,13H2,1H3. The Balaban J connectivity index is 2.24. The van der Waals surface area contributed by atoms with E-state index in [1.54, 1.807) is 12.1 Å². The van der Waals surface area contributed by atoms with Gasteiger partial charge in [0.15, 0.2) is 5.78 Å². The van der Waals surface area contributed by atoms with E-state index in [1.807, 2.05) is 13.0 Å². The number of ether oxygens (including phenoxy) is 1. The molecule has 1 heterocycles. The number of nitrogens with two attached hydrogens (primary N) is 1. The van der Waals surface area contributed by atoms with Crippen molar-refractivity contribution in [2.24, 2.45) is 0 Å². The van der Waals surface area contributed by atoms with E-state index in [1.165, 1.54) is 0 Å². The van der Waals surface area contributed by atoms with Crippen LogP contribution in [-0.4, -0.2) is 18.5 Å². The minimum Gasteiger partial charge on any atom is -0.399 e. The Kier molecular flexibility index (Phi) is 2.73. The number of Topliss-reactive ketones (excluding diaryl/α,β-unsaturated/α-hetero) is 1. The van der Waals surface area contributed by atoms with Crippen LogP contribution < -0.4 is 5.73 Å². The van der Waals surface area contributed by atoms with Crippen molar-refractivity contribution in [1.29, 1.82) is 0 Å². The van der Waals surface area contributed by atoms with E-state index >= 15 is 0 Å². The molecule has 1 aromatic rings. The van der Waals surface area contributed by atoms with E-state index in [0.717, 1.165) is 24.0 Å². The minimum atomic E-state index is -0.243. The lowest BCUT2D eigenvalue weighted by atomic mass is 9.99. The molecule has 3 heteroatoms. The number of nitrogen functional groups attached to an aromatic ring is 1. The third-order valence-corrected chi connectivity index (χ3v) is 2.74. The highest BCUT2D eigenvalue weighted by Gasteiger charge is 2.25. The molecular formula is C12H15NO2. The van der Waals surface area contributed by atoms with Gasteiger partial charge in [0, 0.05) is 17.9 Å². The van der Waals surface area contributed by atoms with E-state index in [-0.39, 0.29) is 11.9 Å². The fourth-order valence-electron chi connectivity index (χ4n) is 1.92. The number of benzene rings is 1. The number of ketones is 1. The summed E-state index contributed by atoms with van der Waals surface area (Å²) in [6, 6.07) is 5.37. The van der Waals surface area contributed by atoms with E-state index in [0.29, 0.717) is 12.3 Å². The van der Waals surface area contributed by atoms with Gasteiger partial charge in [-0.2, -0.15) is 0 Å². The third-order valence-electron chi connectivity index (χ3n) is 2.74. The van der Waals surface area contributed by atoms with Crippen LogP contribution in [0.2, 0.25) is 0 Å². The van der Waals surface area contributed by atoms with Gasteiger partial charge in [0.2, 0.25) is 0 Å². The number of rotatable bonds is 2. The number of aryl methyl sites for hydroxylation is 1. The SMILES string of the molecule is Cc1cc(N)ccc1C(=O)C1CCCO1. The van der Waals surface area contributed by atoms with Crippen LogP contribution in [0.3, 0.4) is 0 Å². The summed E-state index contributed by atoms with van der Waals surface area (Å²) in [4.78, 5) is 12.0. The van der Waals surface area contributed by atoms with Crippen LogP contribution in [0.5, 0.6) is 0 Å². The highest BCUT2D eigenvalue weighted by Crippen LogP contribution is 2.20. The predicted octanol–water partition coefficient (Wildman–Crippen LogP) is 1.94. The molecule has 1 unspecified atom stereocenters. The van der Waals surface area contributed by atoms with Gasteiger partial charge in [0.05, 0.1) is 0 Å². The fourth-order valence-corrected chi connectivity index (χ4v) is 1.92. The van der Waals surface area contributed by atoms with Crippen molar-refractivity contribution in [2.75, 3.05) is 12.3 Å². The van der Waals surface area contributed by atoms with Gasteiger partial charge in [-0.15, -0.1) is 0 Å².